The Morgan fingerprint density at radius 3 is 2.06 bits per heavy atom. The van der Waals surface area contributed by atoms with Gasteiger partial charge < -0.3 is 5.11 Å². The molecule has 0 saturated carbocycles. The Bertz CT molecular complexity index is 1260. The van der Waals surface area contributed by atoms with Crippen molar-refractivity contribution < 1.29 is 27.9 Å². The van der Waals surface area contributed by atoms with Gasteiger partial charge >= 0.3 is 6.18 Å². The highest BCUT2D eigenvalue weighted by atomic mass is 35.5. The van der Waals surface area contributed by atoms with E-state index in [1.54, 1.807) is 30.3 Å². The summed E-state index contributed by atoms with van der Waals surface area (Å²) in [5.74, 6) is -1.47. The van der Waals surface area contributed by atoms with E-state index in [2.05, 4.69) is 12.6 Å². The minimum atomic E-state index is -4.95. The minimum absolute atomic E-state index is 0.0536. The van der Waals surface area contributed by atoms with Crippen molar-refractivity contribution >= 4 is 59.0 Å². The van der Waals surface area contributed by atoms with Gasteiger partial charge in [0, 0.05) is 17.5 Å². The lowest BCUT2D eigenvalue weighted by atomic mass is 9.88. The number of alkyl halides is 3. The van der Waals surface area contributed by atoms with Crippen LogP contribution in [0.25, 0.3) is 0 Å². The second-order valence-electron chi connectivity index (χ2n) is 7.92. The molecule has 2 atom stereocenters. The average molecular weight is 562 g/mol. The first-order valence-electron chi connectivity index (χ1n) is 10.1. The number of hydrogen-bond acceptors (Lipinski definition) is 4. The summed E-state index contributed by atoms with van der Waals surface area (Å²) < 4.78 is 39.4. The topological polar surface area (TPSA) is 54.4 Å². The molecule has 0 aliphatic carbocycles. The fourth-order valence-electron chi connectivity index (χ4n) is 3.54. The molecular weight excluding hydrogens is 544 g/mol. The molecule has 3 rings (SSSR count). The maximum absolute atomic E-state index is 14.1. The Hall–Kier alpha value is -2.03. The molecule has 0 aliphatic rings. The van der Waals surface area contributed by atoms with Gasteiger partial charge in [-0.15, -0.1) is 0 Å². The molecule has 0 saturated heterocycles. The summed E-state index contributed by atoms with van der Waals surface area (Å²) in [6.07, 6.45) is -7.43. The Balaban J connectivity index is 1.92. The van der Waals surface area contributed by atoms with Gasteiger partial charge in [-0.25, -0.2) is 0 Å². The van der Waals surface area contributed by atoms with Gasteiger partial charge in [-0.2, -0.15) is 25.8 Å². The van der Waals surface area contributed by atoms with Crippen molar-refractivity contribution in [1.29, 1.82) is 0 Å². The lowest BCUT2D eigenvalue weighted by Crippen LogP contribution is -2.39. The number of aliphatic hydroxyl groups excluding tert-OH is 1. The van der Waals surface area contributed by atoms with Crippen LogP contribution in [0.4, 0.5) is 13.2 Å². The van der Waals surface area contributed by atoms with E-state index in [1.165, 1.54) is 25.1 Å². The predicted octanol–water partition coefficient (Wildman–Crippen LogP) is 7.83. The van der Waals surface area contributed by atoms with Crippen molar-refractivity contribution in [2.24, 2.45) is 0 Å². The van der Waals surface area contributed by atoms with E-state index in [9.17, 15) is 27.9 Å². The number of aliphatic hydroxyl groups is 1. The minimum Gasteiger partial charge on any atom is -0.380 e. The van der Waals surface area contributed by atoms with Gasteiger partial charge in [-0.05, 0) is 41.8 Å². The Morgan fingerprint density at radius 1 is 0.971 bits per heavy atom. The molecule has 0 fully saturated rings. The molecule has 2 unspecified atom stereocenters. The van der Waals surface area contributed by atoms with Crippen molar-refractivity contribution in [2.45, 2.75) is 30.4 Å². The molecule has 35 heavy (non-hydrogen) atoms. The summed E-state index contributed by atoms with van der Waals surface area (Å²) in [6.45, 7) is 1.53. The monoisotopic (exact) mass is 560 g/mol. The summed E-state index contributed by atoms with van der Waals surface area (Å²) >= 11 is 21.5. The van der Waals surface area contributed by atoms with Crippen molar-refractivity contribution in [3.8, 4) is 0 Å². The van der Waals surface area contributed by atoms with Crippen LogP contribution in [0.3, 0.4) is 0 Å². The first kappa shape index (κ1) is 27.6. The molecule has 3 aromatic rings. The van der Waals surface area contributed by atoms with Crippen molar-refractivity contribution in [3.63, 3.8) is 0 Å². The Morgan fingerprint density at radius 2 is 1.54 bits per heavy atom. The maximum atomic E-state index is 14.1. The number of halogens is 6. The van der Waals surface area contributed by atoms with Gasteiger partial charge in [-0.3, -0.25) is 9.59 Å². The molecule has 1 N–H and O–H groups in total. The van der Waals surface area contributed by atoms with Crippen LogP contribution < -0.4 is 0 Å². The third kappa shape index (κ3) is 5.70. The average Bonchev–Trinajstić information content (AvgIpc) is 2.80. The highest BCUT2D eigenvalue weighted by Crippen LogP contribution is 2.49. The van der Waals surface area contributed by atoms with Gasteiger partial charge in [0.15, 0.2) is 11.6 Å². The van der Waals surface area contributed by atoms with Crippen LogP contribution in [0.2, 0.25) is 15.1 Å². The van der Waals surface area contributed by atoms with Crippen LogP contribution in [0.15, 0.2) is 60.7 Å². The summed E-state index contributed by atoms with van der Waals surface area (Å²) in [5.41, 5.74) is 0.368. The summed E-state index contributed by atoms with van der Waals surface area (Å²) in [6, 6.07) is 14.1. The van der Waals surface area contributed by atoms with Gasteiger partial charge in [0.25, 0.3) is 0 Å². The van der Waals surface area contributed by atoms with Gasteiger partial charge in [0.1, 0.15) is 10.9 Å². The number of carbonyl (C=O) groups excluding carboxylic acids is 2. The SMILES string of the molecule is Cc1cc(C(=O)CC(S)(c2cc(Cl)c(Cl)c(Cl)c2)C(F)(F)F)ccc1C(=O)C(O)c1ccccc1. The van der Waals surface area contributed by atoms with Gasteiger partial charge in [0.2, 0.25) is 0 Å². The molecule has 3 nitrogen and oxygen atoms in total. The molecule has 0 bridgehead atoms. The van der Waals surface area contributed by atoms with E-state index in [1.807, 2.05) is 0 Å². The highest BCUT2D eigenvalue weighted by Gasteiger charge is 2.55. The summed E-state index contributed by atoms with van der Waals surface area (Å²) in [7, 11) is 0. The largest absolute Gasteiger partial charge is 0.407 e. The van der Waals surface area contributed by atoms with Crippen molar-refractivity contribution in [3.05, 3.63) is 104 Å². The quantitative estimate of drug-likeness (QED) is 0.176. The molecule has 3 aromatic carbocycles. The van der Waals surface area contributed by atoms with E-state index in [-0.39, 0.29) is 26.2 Å². The number of carbonyl (C=O) groups is 2. The molecule has 0 radical (unpaired) electrons. The second-order valence-corrected chi connectivity index (χ2v) is 9.87. The Kier molecular flexibility index (Phi) is 8.29. The third-order valence-corrected chi connectivity index (χ3v) is 7.39. The number of thiol groups is 1. The van der Waals surface area contributed by atoms with Crippen molar-refractivity contribution in [2.75, 3.05) is 0 Å². The van der Waals surface area contributed by atoms with Crippen LogP contribution in [0.5, 0.6) is 0 Å². The number of Topliss-reactive ketones (excluding diaryl/α,β-unsaturated/α-hetero) is 2. The summed E-state index contributed by atoms with van der Waals surface area (Å²) in [5, 5.41) is 9.86. The van der Waals surface area contributed by atoms with E-state index in [0.717, 1.165) is 12.1 Å². The van der Waals surface area contributed by atoms with Crippen LogP contribution in [0, 0.1) is 6.92 Å². The number of rotatable bonds is 7. The normalized spacial score (nSPS) is 14.3. The number of ketones is 2. The highest BCUT2D eigenvalue weighted by molar-refractivity contribution is 7.81. The number of hydrogen-bond donors (Lipinski definition) is 2. The zero-order valence-electron chi connectivity index (χ0n) is 18.0. The van der Waals surface area contributed by atoms with E-state index >= 15 is 0 Å². The van der Waals surface area contributed by atoms with Crippen LogP contribution in [-0.4, -0.2) is 22.8 Å². The van der Waals surface area contributed by atoms with Crippen molar-refractivity contribution in [1.82, 2.24) is 0 Å². The fourth-order valence-corrected chi connectivity index (χ4v) is 4.41. The number of aryl methyl sites for hydroxylation is 1. The third-order valence-electron chi connectivity index (χ3n) is 5.52. The molecular formula is C25H18Cl3F3O3S. The fraction of sp³-hybridized carbons (Fsp3) is 0.200. The molecule has 0 aromatic heterocycles. The standard InChI is InChI=1S/C25H18Cl3F3O3S/c1-13-9-15(7-8-17(13)23(34)22(33)14-5-3-2-4-6-14)20(32)12-24(35,25(29,30)31)16-10-18(26)21(28)19(27)11-16/h2-11,22,33,35H,12H2,1H3. The first-order chi connectivity index (χ1) is 16.3. The lowest BCUT2D eigenvalue weighted by molar-refractivity contribution is -0.160. The molecule has 0 heterocycles. The maximum Gasteiger partial charge on any atom is 0.407 e. The van der Waals surface area contributed by atoms with Crippen LogP contribution in [-0.2, 0) is 4.75 Å². The van der Waals surface area contributed by atoms with E-state index in [0.29, 0.717) is 11.1 Å². The molecule has 0 spiro atoms. The van der Waals surface area contributed by atoms with Gasteiger partial charge in [0.05, 0.1) is 15.1 Å². The smallest absolute Gasteiger partial charge is 0.380 e. The zero-order valence-corrected chi connectivity index (χ0v) is 21.2. The molecule has 0 amide bonds. The van der Waals surface area contributed by atoms with Crippen LogP contribution >= 0.6 is 47.4 Å². The van der Waals surface area contributed by atoms with E-state index < -0.39 is 40.6 Å². The van der Waals surface area contributed by atoms with Gasteiger partial charge in [-0.1, -0.05) is 77.3 Å². The molecule has 0 aliphatic heterocycles. The molecule has 184 valence electrons. The number of benzene rings is 3. The lowest BCUT2D eigenvalue weighted by Gasteiger charge is -2.31. The zero-order chi connectivity index (χ0) is 26.1. The second kappa shape index (κ2) is 10.5. The summed E-state index contributed by atoms with van der Waals surface area (Å²) in [4.78, 5) is 25.7. The predicted molar refractivity (Wildman–Crippen MR) is 134 cm³/mol. The van der Waals surface area contributed by atoms with Crippen LogP contribution in [0.1, 0.15) is 49.9 Å². The van der Waals surface area contributed by atoms with E-state index in [4.69, 9.17) is 34.8 Å². The molecule has 10 heteroatoms. The Labute approximate surface area is 220 Å². The first-order valence-corrected chi connectivity index (χ1v) is 11.7.